The average molecular weight is 378 g/mol. The maximum atomic E-state index is 12.8. The van der Waals surface area contributed by atoms with Crippen LogP contribution in [0, 0.1) is 27.7 Å². The van der Waals surface area contributed by atoms with Crippen LogP contribution in [-0.2, 0) is 6.54 Å². The third-order valence-corrected chi connectivity index (χ3v) is 4.21. The predicted octanol–water partition coefficient (Wildman–Crippen LogP) is 3.21. The molecule has 28 heavy (non-hydrogen) atoms. The Kier molecular flexibility index (Phi) is 5.56. The Morgan fingerprint density at radius 1 is 1.04 bits per heavy atom. The van der Waals surface area contributed by atoms with Crippen molar-refractivity contribution < 1.29 is 4.79 Å². The Labute approximate surface area is 165 Å². The fourth-order valence-electron chi connectivity index (χ4n) is 3.18. The number of hydrogen-bond acceptors (Lipinski definition) is 5. The third kappa shape index (κ3) is 4.61. The normalized spacial score (nSPS) is 11.1. The molecular weight excluding hydrogens is 352 g/mol. The van der Waals surface area contributed by atoms with Crippen LogP contribution in [0.5, 0.6) is 0 Å². The summed E-state index contributed by atoms with van der Waals surface area (Å²) in [6, 6.07) is 7.98. The molecule has 0 atom stereocenters. The van der Waals surface area contributed by atoms with Crippen LogP contribution in [0.3, 0.4) is 0 Å². The number of anilines is 1. The topological polar surface area (TPSA) is 75.9 Å². The molecule has 3 rings (SSSR count). The molecule has 1 N–H and O–H groups in total. The van der Waals surface area contributed by atoms with Gasteiger partial charge in [-0.3, -0.25) is 4.79 Å². The second-order valence-electron chi connectivity index (χ2n) is 7.42. The zero-order valence-corrected chi connectivity index (χ0v) is 17.2. The van der Waals surface area contributed by atoms with Crippen LogP contribution in [0.4, 0.5) is 5.69 Å². The second kappa shape index (κ2) is 7.90. The molecule has 0 bridgehead atoms. The molecule has 1 aromatic carbocycles. The SMILES string of the molecule is Cc1cc(CN(C)C)cc(NC(=O)c2cn(-c3nc(C)cc(C)n3)nc2C)c1. The van der Waals surface area contributed by atoms with Gasteiger partial charge in [-0.25, -0.2) is 14.6 Å². The summed E-state index contributed by atoms with van der Waals surface area (Å²) in [5.74, 6) is 0.262. The fourth-order valence-corrected chi connectivity index (χ4v) is 3.18. The smallest absolute Gasteiger partial charge is 0.259 e. The third-order valence-electron chi connectivity index (χ3n) is 4.21. The van der Waals surface area contributed by atoms with Gasteiger partial charge >= 0.3 is 0 Å². The molecule has 0 spiro atoms. The van der Waals surface area contributed by atoms with E-state index in [1.54, 1.807) is 10.9 Å². The Morgan fingerprint density at radius 2 is 1.71 bits per heavy atom. The monoisotopic (exact) mass is 378 g/mol. The van der Waals surface area contributed by atoms with Gasteiger partial charge in [-0.05, 0) is 71.1 Å². The number of amides is 1. The number of nitrogens with one attached hydrogen (secondary N) is 1. The summed E-state index contributed by atoms with van der Waals surface area (Å²) in [6.45, 7) is 8.46. The second-order valence-corrected chi connectivity index (χ2v) is 7.42. The van der Waals surface area contributed by atoms with Crippen LogP contribution in [0.2, 0.25) is 0 Å². The molecule has 0 aliphatic carbocycles. The van der Waals surface area contributed by atoms with E-state index in [-0.39, 0.29) is 5.91 Å². The first kappa shape index (κ1) is 19.7. The van der Waals surface area contributed by atoms with Crippen LogP contribution in [-0.4, -0.2) is 44.7 Å². The van der Waals surface area contributed by atoms with Crippen molar-refractivity contribution in [1.29, 1.82) is 0 Å². The summed E-state index contributed by atoms with van der Waals surface area (Å²) >= 11 is 0. The van der Waals surface area contributed by atoms with E-state index in [0.717, 1.165) is 34.7 Å². The number of benzene rings is 1. The van der Waals surface area contributed by atoms with Gasteiger partial charge < -0.3 is 10.2 Å². The van der Waals surface area contributed by atoms with E-state index in [9.17, 15) is 4.79 Å². The Balaban J connectivity index is 1.86. The zero-order chi connectivity index (χ0) is 20.4. The molecule has 0 radical (unpaired) electrons. The van der Waals surface area contributed by atoms with E-state index >= 15 is 0 Å². The summed E-state index contributed by atoms with van der Waals surface area (Å²) in [4.78, 5) is 23.7. The number of carbonyl (C=O) groups is 1. The molecule has 0 saturated heterocycles. The van der Waals surface area contributed by atoms with Crippen molar-refractivity contribution in [2.24, 2.45) is 0 Å². The first-order chi connectivity index (χ1) is 13.2. The Morgan fingerprint density at radius 3 is 2.36 bits per heavy atom. The van der Waals surface area contributed by atoms with Crippen molar-refractivity contribution in [3.63, 3.8) is 0 Å². The van der Waals surface area contributed by atoms with E-state index in [2.05, 4.69) is 31.3 Å². The van der Waals surface area contributed by atoms with Crippen LogP contribution < -0.4 is 5.32 Å². The molecule has 0 fully saturated rings. The van der Waals surface area contributed by atoms with Crippen molar-refractivity contribution >= 4 is 11.6 Å². The van der Waals surface area contributed by atoms with Gasteiger partial charge in [0, 0.05) is 29.8 Å². The van der Waals surface area contributed by atoms with E-state index in [1.807, 2.05) is 60.0 Å². The highest BCUT2D eigenvalue weighted by atomic mass is 16.1. The molecular formula is C21H26N6O. The first-order valence-corrected chi connectivity index (χ1v) is 9.17. The summed E-state index contributed by atoms with van der Waals surface area (Å²) < 4.78 is 1.55. The highest BCUT2D eigenvalue weighted by Gasteiger charge is 2.16. The van der Waals surface area contributed by atoms with Gasteiger partial charge in [-0.2, -0.15) is 5.10 Å². The molecule has 7 heteroatoms. The number of carbonyl (C=O) groups excluding carboxylic acids is 1. The Hall–Kier alpha value is -3.06. The highest BCUT2D eigenvalue weighted by molar-refractivity contribution is 6.05. The van der Waals surface area contributed by atoms with Crippen LogP contribution in [0.25, 0.3) is 5.95 Å². The van der Waals surface area contributed by atoms with E-state index in [1.165, 1.54) is 0 Å². The standard InChI is InChI=1S/C21H26N6O/c1-13-7-17(11-26(5)6)10-18(8-13)24-20(28)19-12-27(25-16(19)4)21-22-14(2)9-15(3)23-21/h7-10,12H,11H2,1-6H3,(H,24,28). The lowest BCUT2D eigenvalue weighted by atomic mass is 10.1. The lowest BCUT2D eigenvalue weighted by Gasteiger charge is -2.13. The van der Waals surface area contributed by atoms with Gasteiger partial charge in [0.1, 0.15) is 0 Å². The summed E-state index contributed by atoms with van der Waals surface area (Å²) in [7, 11) is 4.04. The lowest BCUT2D eigenvalue weighted by molar-refractivity contribution is 0.102. The van der Waals surface area contributed by atoms with Gasteiger partial charge in [-0.15, -0.1) is 0 Å². The van der Waals surface area contributed by atoms with Crippen LogP contribution in [0.15, 0.2) is 30.5 Å². The van der Waals surface area contributed by atoms with Crippen molar-refractivity contribution in [3.8, 4) is 5.95 Å². The van der Waals surface area contributed by atoms with E-state index in [0.29, 0.717) is 17.2 Å². The van der Waals surface area contributed by atoms with Crippen LogP contribution >= 0.6 is 0 Å². The quantitative estimate of drug-likeness (QED) is 0.738. The van der Waals surface area contributed by atoms with Gasteiger partial charge in [0.05, 0.1) is 11.3 Å². The molecule has 146 valence electrons. The van der Waals surface area contributed by atoms with Crippen LogP contribution in [0.1, 0.15) is 38.6 Å². The molecule has 2 aromatic heterocycles. The minimum atomic E-state index is -0.200. The predicted molar refractivity (Wildman–Crippen MR) is 110 cm³/mol. The minimum Gasteiger partial charge on any atom is -0.322 e. The summed E-state index contributed by atoms with van der Waals surface area (Å²) in [5.41, 5.74) is 5.86. The lowest BCUT2D eigenvalue weighted by Crippen LogP contribution is -2.14. The van der Waals surface area contributed by atoms with Gasteiger partial charge in [0.25, 0.3) is 11.9 Å². The molecule has 1 amide bonds. The molecule has 0 saturated carbocycles. The zero-order valence-electron chi connectivity index (χ0n) is 17.2. The van der Waals surface area contributed by atoms with Crippen molar-refractivity contribution in [3.05, 3.63) is 64.2 Å². The van der Waals surface area contributed by atoms with E-state index in [4.69, 9.17) is 0 Å². The van der Waals surface area contributed by atoms with Gasteiger partial charge in [0.2, 0.25) is 0 Å². The first-order valence-electron chi connectivity index (χ1n) is 9.17. The molecule has 0 aliphatic rings. The fraction of sp³-hybridized carbons (Fsp3) is 0.333. The molecule has 2 heterocycles. The van der Waals surface area contributed by atoms with Gasteiger partial charge in [-0.1, -0.05) is 6.07 Å². The van der Waals surface area contributed by atoms with Crippen molar-refractivity contribution in [2.45, 2.75) is 34.2 Å². The summed E-state index contributed by atoms with van der Waals surface area (Å²) in [6.07, 6.45) is 1.68. The Bertz CT molecular complexity index is 1000. The van der Waals surface area contributed by atoms with Crippen molar-refractivity contribution in [2.75, 3.05) is 19.4 Å². The highest BCUT2D eigenvalue weighted by Crippen LogP contribution is 2.18. The number of hydrogen-bond donors (Lipinski definition) is 1. The number of nitrogens with zero attached hydrogens (tertiary/aromatic N) is 5. The minimum absolute atomic E-state index is 0.200. The number of rotatable bonds is 5. The largest absolute Gasteiger partial charge is 0.322 e. The molecule has 3 aromatic rings. The average Bonchev–Trinajstić information content (AvgIpc) is 2.94. The molecule has 7 nitrogen and oxygen atoms in total. The molecule has 0 aliphatic heterocycles. The van der Waals surface area contributed by atoms with Crippen molar-refractivity contribution in [1.82, 2.24) is 24.6 Å². The van der Waals surface area contributed by atoms with E-state index < -0.39 is 0 Å². The number of aromatic nitrogens is 4. The number of aryl methyl sites for hydroxylation is 4. The summed E-state index contributed by atoms with van der Waals surface area (Å²) in [5, 5.41) is 7.41. The molecule has 0 unspecified atom stereocenters. The van der Waals surface area contributed by atoms with Gasteiger partial charge in [0.15, 0.2) is 0 Å². The maximum absolute atomic E-state index is 12.8. The maximum Gasteiger partial charge on any atom is 0.259 e.